The van der Waals surface area contributed by atoms with Crippen molar-refractivity contribution in [3.63, 3.8) is 0 Å². The van der Waals surface area contributed by atoms with Crippen LogP contribution in [0.4, 0.5) is 11.4 Å². The molecule has 2 aromatic rings. The minimum absolute atomic E-state index is 0.118. The molecule has 0 saturated carbocycles. The zero-order valence-corrected chi connectivity index (χ0v) is 15.1. The van der Waals surface area contributed by atoms with Gasteiger partial charge in [-0.1, -0.05) is 0 Å². The molecule has 2 rings (SSSR count). The first-order valence-corrected chi connectivity index (χ1v) is 15.3. The van der Waals surface area contributed by atoms with Crippen LogP contribution in [0.3, 0.4) is 0 Å². The predicted octanol–water partition coefficient (Wildman–Crippen LogP) is 0.742. The summed E-state index contributed by atoms with van der Waals surface area (Å²) in [7, 11) is 0. The number of nitrogen functional groups attached to an aromatic ring is 2. The van der Waals surface area contributed by atoms with Crippen molar-refractivity contribution in [2.24, 2.45) is 0 Å². The molecule has 2 aromatic carbocycles. The van der Waals surface area contributed by atoms with Crippen molar-refractivity contribution in [1.29, 1.82) is 0 Å². The number of hydrogen-bond donors (Lipinski definition) is 2. The molecule has 0 bridgehead atoms. The van der Waals surface area contributed by atoms with E-state index in [4.69, 9.17) is 11.5 Å². The summed E-state index contributed by atoms with van der Waals surface area (Å²) in [6, 6.07) is 12.6. The quantitative estimate of drug-likeness (QED) is 0.517. The second-order valence-electron chi connectivity index (χ2n) is 4.11. The first-order chi connectivity index (χ1) is 8.59. The summed E-state index contributed by atoms with van der Waals surface area (Å²) in [6.45, 7) is 4.27. The molecule has 0 radical (unpaired) electrons. The summed E-state index contributed by atoms with van der Waals surface area (Å²) >= 11 is -0.235. The molecule has 94 valence electrons. The van der Waals surface area contributed by atoms with Gasteiger partial charge in [-0.2, -0.15) is 0 Å². The molecule has 0 aliphatic carbocycles. The summed E-state index contributed by atoms with van der Waals surface area (Å²) < 4.78 is 3.01. The van der Waals surface area contributed by atoms with Gasteiger partial charge in [-0.3, -0.25) is 0 Å². The molecular weight excluding hydrogens is 451 g/mol. The molecule has 0 spiro atoms. The third-order valence-electron chi connectivity index (χ3n) is 2.87. The van der Waals surface area contributed by atoms with Crippen LogP contribution in [0, 0.1) is 13.8 Å². The van der Waals surface area contributed by atoms with Gasteiger partial charge in [-0.05, 0) is 0 Å². The maximum atomic E-state index is 5.96. The fourth-order valence-corrected chi connectivity index (χ4v) is 14.5. The van der Waals surface area contributed by atoms with Crippen LogP contribution in [0.25, 0.3) is 0 Å². The summed E-state index contributed by atoms with van der Waals surface area (Å²) in [5.74, 6) is 0. The molecular formula is C14H16N2Te2. The van der Waals surface area contributed by atoms with Gasteiger partial charge in [0, 0.05) is 0 Å². The van der Waals surface area contributed by atoms with Gasteiger partial charge >= 0.3 is 126 Å². The molecule has 0 aliphatic heterocycles. The van der Waals surface area contributed by atoms with E-state index in [9.17, 15) is 0 Å². The number of rotatable bonds is 3. The van der Waals surface area contributed by atoms with Gasteiger partial charge in [0.2, 0.25) is 0 Å². The van der Waals surface area contributed by atoms with E-state index in [-0.39, 0.29) is 34.1 Å². The number of hydrogen-bond acceptors (Lipinski definition) is 2. The van der Waals surface area contributed by atoms with Crippen LogP contribution in [0.15, 0.2) is 36.4 Å². The molecule has 4 heteroatoms. The van der Waals surface area contributed by atoms with Crippen molar-refractivity contribution in [3.8, 4) is 0 Å². The number of nitrogens with two attached hydrogens (primary N) is 2. The van der Waals surface area contributed by atoms with E-state index < -0.39 is 0 Å². The SMILES string of the molecule is Cc1c(N)cccc1[Te][Te]c1cccc(N)c1C. The average Bonchev–Trinajstić information content (AvgIpc) is 2.36. The van der Waals surface area contributed by atoms with Crippen LogP contribution in [0.5, 0.6) is 0 Å². The van der Waals surface area contributed by atoms with Gasteiger partial charge in [0.1, 0.15) is 0 Å². The van der Waals surface area contributed by atoms with E-state index in [2.05, 4.69) is 38.1 Å². The van der Waals surface area contributed by atoms with E-state index in [1.165, 1.54) is 18.3 Å². The Kier molecular flexibility index (Phi) is 4.82. The van der Waals surface area contributed by atoms with E-state index >= 15 is 0 Å². The molecule has 0 heterocycles. The van der Waals surface area contributed by atoms with Gasteiger partial charge in [-0.25, -0.2) is 0 Å². The Balaban J connectivity index is 2.17. The summed E-state index contributed by atoms with van der Waals surface area (Å²) in [4.78, 5) is 0. The predicted molar refractivity (Wildman–Crippen MR) is 82.0 cm³/mol. The van der Waals surface area contributed by atoms with Crippen molar-refractivity contribution in [2.75, 3.05) is 11.5 Å². The van der Waals surface area contributed by atoms with Gasteiger partial charge < -0.3 is 0 Å². The zero-order chi connectivity index (χ0) is 13.1. The topological polar surface area (TPSA) is 52.0 Å². The van der Waals surface area contributed by atoms with Gasteiger partial charge in [0.05, 0.1) is 0 Å². The van der Waals surface area contributed by atoms with Crippen molar-refractivity contribution < 1.29 is 0 Å². The Morgan fingerprint density at radius 1 is 0.722 bits per heavy atom. The van der Waals surface area contributed by atoms with Crippen molar-refractivity contribution in [2.45, 2.75) is 13.8 Å². The van der Waals surface area contributed by atoms with Crippen LogP contribution in [0.1, 0.15) is 11.1 Å². The summed E-state index contributed by atoms with van der Waals surface area (Å²) in [5.41, 5.74) is 16.3. The molecule has 4 N–H and O–H groups in total. The normalized spacial score (nSPS) is 10.6. The molecule has 0 aromatic heterocycles. The van der Waals surface area contributed by atoms with Crippen molar-refractivity contribution >= 4 is 52.7 Å². The maximum absolute atomic E-state index is 5.96. The number of anilines is 2. The van der Waals surface area contributed by atoms with Crippen LogP contribution < -0.4 is 18.7 Å². The number of benzene rings is 2. The minimum atomic E-state index is -0.118. The standard InChI is InChI=1S/C14H16N2Te2/c1-9-11(15)5-3-7-13(9)17-18-14-8-4-6-12(16)10(14)2/h3-8H,15-16H2,1-2H3. The van der Waals surface area contributed by atoms with Gasteiger partial charge in [0.25, 0.3) is 0 Å². The van der Waals surface area contributed by atoms with Crippen LogP contribution in [-0.2, 0) is 0 Å². The Morgan fingerprint density at radius 2 is 1.11 bits per heavy atom. The van der Waals surface area contributed by atoms with E-state index in [1.807, 2.05) is 12.1 Å². The summed E-state index contributed by atoms with van der Waals surface area (Å²) in [5, 5.41) is 0. The van der Waals surface area contributed by atoms with Crippen LogP contribution >= 0.6 is 0 Å². The van der Waals surface area contributed by atoms with E-state index in [0.717, 1.165) is 11.4 Å². The van der Waals surface area contributed by atoms with Crippen molar-refractivity contribution in [3.05, 3.63) is 47.5 Å². The van der Waals surface area contributed by atoms with E-state index in [0.29, 0.717) is 0 Å². The first kappa shape index (κ1) is 14.0. The van der Waals surface area contributed by atoms with Gasteiger partial charge in [-0.15, -0.1) is 0 Å². The molecule has 0 amide bonds. The van der Waals surface area contributed by atoms with Crippen LogP contribution in [0.2, 0.25) is 0 Å². The monoisotopic (exact) mass is 472 g/mol. The zero-order valence-electron chi connectivity index (χ0n) is 10.4. The summed E-state index contributed by atoms with van der Waals surface area (Å²) in [6.07, 6.45) is 0. The third kappa shape index (κ3) is 3.14. The van der Waals surface area contributed by atoms with Crippen molar-refractivity contribution in [1.82, 2.24) is 0 Å². The second-order valence-corrected chi connectivity index (χ2v) is 14.0. The fourth-order valence-electron chi connectivity index (χ4n) is 1.53. The Hall–Kier alpha value is -0.381. The molecule has 0 atom stereocenters. The Labute approximate surface area is 124 Å². The third-order valence-corrected chi connectivity index (χ3v) is 15.1. The van der Waals surface area contributed by atoms with E-state index in [1.54, 1.807) is 0 Å². The van der Waals surface area contributed by atoms with Gasteiger partial charge in [0.15, 0.2) is 0 Å². The Morgan fingerprint density at radius 3 is 1.50 bits per heavy atom. The first-order valence-electron chi connectivity index (χ1n) is 5.64. The fraction of sp³-hybridized carbons (Fsp3) is 0.143. The molecule has 18 heavy (non-hydrogen) atoms. The average molecular weight is 467 g/mol. The molecule has 0 aliphatic rings. The second kappa shape index (κ2) is 6.18. The molecule has 2 nitrogen and oxygen atoms in total. The molecule has 0 fully saturated rings. The Bertz CT molecular complexity index is 516. The molecule has 0 unspecified atom stereocenters. The molecule has 0 saturated heterocycles. The van der Waals surface area contributed by atoms with Crippen LogP contribution in [-0.4, -0.2) is 34.1 Å².